The molecule has 128 valence electrons. The summed E-state index contributed by atoms with van der Waals surface area (Å²) in [6.07, 6.45) is 0. The van der Waals surface area contributed by atoms with Crippen LogP contribution >= 0.6 is 11.6 Å². The molecule has 0 fully saturated rings. The van der Waals surface area contributed by atoms with Crippen molar-refractivity contribution in [2.24, 2.45) is 0 Å². The summed E-state index contributed by atoms with van der Waals surface area (Å²) in [7, 11) is -2.38. The molecule has 5 nitrogen and oxygen atoms in total. The summed E-state index contributed by atoms with van der Waals surface area (Å²) in [4.78, 5) is 11.9. The molecule has 0 bridgehead atoms. The molecule has 0 spiro atoms. The number of amides is 1. The van der Waals surface area contributed by atoms with Crippen LogP contribution in [0.5, 0.6) is 5.75 Å². The number of sulfone groups is 1. The van der Waals surface area contributed by atoms with Gasteiger partial charge in [-0.05, 0) is 30.3 Å². The van der Waals surface area contributed by atoms with Gasteiger partial charge in [-0.1, -0.05) is 23.7 Å². The van der Waals surface area contributed by atoms with Crippen LogP contribution in [0, 0.1) is 5.82 Å². The van der Waals surface area contributed by atoms with E-state index < -0.39 is 33.1 Å². The van der Waals surface area contributed by atoms with E-state index >= 15 is 0 Å². The lowest BCUT2D eigenvalue weighted by Crippen LogP contribution is -2.24. The molecule has 0 saturated carbocycles. The number of carbonyl (C=O) groups excluding carboxylic acids is 1. The van der Waals surface area contributed by atoms with E-state index in [1.165, 1.54) is 37.4 Å². The van der Waals surface area contributed by atoms with Crippen LogP contribution in [0.4, 0.5) is 10.1 Å². The fourth-order valence-electron chi connectivity index (χ4n) is 2.10. The molecule has 0 aliphatic carbocycles. The second-order valence-corrected chi connectivity index (χ2v) is 7.52. The Labute approximate surface area is 144 Å². The van der Waals surface area contributed by atoms with Gasteiger partial charge in [-0.25, -0.2) is 12.8 Å². The fraction of sp³-hybridized carbons (Fsp3) is 0.188. The average Bonchev–Trinajstić information content (AvgIpc) is 2.48. The molecule has 0 saturated heterocycles. The molecule has 8 heteroatoms. The molecule has 0 aromatic heterocycles. The van der Waals surface area contributed by atoms with Crippen molar-refractivity contribution >= 4 is 33.0 Å². The molecule has 0 aliphatic heterocycles. The number of benzene rings is 2. The van der Waals surface area contributed by atoms with Gasteiger partial charge in [-0.15, -0.1) is 0 Å². The predicted molar refractivity (Wildman–Crippen MR) is 90.5 cm³/mol. The van der Waals surface area contributed by atoms with Gasteiger partial charge in [0.2, 0.25) is 5.91 Å². The van der Waals surface area contributed by atoms with Crippen LogP contribution in [-0.2, 0) is 20.4 Å². The van der Waals surface area contributed by atoms with Crippen LogP contribution in [0.2, 0.25) is 5.02 Å². The summed E-state index contributed by atoms with van der Waals surface area (Å²) in [6, 6.07) is 10.1. The van der Waals surface area contributed by atoms with E-state index in [1.807, 2.05) is 0 Å². The third-order valence-corrected chi connectivity index (χ3v) is 4.80. The Balaban J connectivity index is 2.10. The lowest BCUT2D eigenvalue weighted by Gasteiger charge is -2.10. The molecule has 1 amide bonds. The first-order chi connectivity index (χ1) is 11.3. The Morgan fingerprint density at radius 2 is 1.96 bits per heavy atom. The molecule has 0 radical (unpaired) electrons. The molecule has 2 aromatic carbocycles. The Bertz CT molecular complexity index is 855. The van der Waals surface area contributed by atoms with Crippen LogP contribution < -0.4 is 10.1 Å². The maximum absolute atomic E-state index is 13.5. The summed E-state index contributed by atoms with van der Waals surface area (Å²) in [5, 5.41) is 2.60. The maximum Gasteiger partial charge on any atom is 0.239 e. The molecule has 2 aromatic rings. The first-order valence-corrected chi connectivity index (χ1v) is 9.08. The highest BCUT2D eigenvalue weighted by molar-refractivity contribution is 7.91. The molecule has 24 heavy (non-hydrogen) atoms. The number of carbonyl (C=O) groups is 1. The van der Waals surface area contributed by atoms with Gasteiger partial charge >= 0.3 is 0 Å². The van der Waals surface area contributed by atoms with Gasteiger partial charge in [0.25, 0.3) is 0 Å². The Kier molecular flexibility index (Phi) is 5.80. The van der Waals surface area contributed by atoms with Gasteiger partial charge in [-0.3, -0.25) is 4.79 Å². The van der Waals surface area contributed by atoms with E-state index in [1.54, 1.807) is 12.1 Å². The highest BCUT2D eigenvalue weighted by atomic mass is 35.5. The molecular weight excluding hydrogens is 357 g/mol. The summed E-state index contributed by atoms with van der Waals surface area (Å²) in [5.41, 5.74) is 0.279. The summed E-state index contributed by atoms with van der Waals surface area (Å²) >= 11 is 5.86. The van der Waals surface area contributed by atoms with Crippen molar-refractivity contribution in [2.75, 3.05) is 18.2 Å². The smallest absolute Gasteiger partial charge is 0.239 e. The summed E-state index contributed by atoms with van der Waals surface area (Å²) in [5.74, 6) is -2.29. The number of anilines is 1. The van der Waals surface area contributed by atoms with E-state index in [-0.39, 0.29) is 5.69 Å². The quantitative estimate of drug-likeness (QED) is 0.847. The van der Waals surface area contributed by atoms with Gasteiger partial charge < -0.3 is 10.1 Å². The minimum atomic E-state index is -3.79. The van der Waals surface area contributed by atoms with Gasteiger partial charge in [-0.2, -0.15) is 0 Å². The molecule has 0 aliphatic rings. The van der Waals surface area contributed by atoms with Gasteiger partial charge in [0.15, 0.2) is 9.84 Å². The number of hydrogen-bond acceptors (Lipinski definition) is 4. The Morgan fingerprint density at radius 1 is 1.25 bits per heavy atom. The second kappa shape index (κ2) is 7.63. The third-order valence-electron chi connectivity index (χ3n) is 3.12. The lowest BCUT2D eigenvalue weighted by atomic mass is 10.2. The van der Waals surface area contributed by atoms with Gasteiger partial charge in [0.1, 0.15) is 17.3 Å². The highest BCUT2D eigenvalue weighted by Gasteiger charge is 2.20. The topological polar surface area (TPSA) is 72.5 Å². The first kappa shape index (κ1) is 18.2. The molecular formula is C16H15ClFNO4S. The summed E-state index contributed by atoms with van der Waals surface area (Å²) < 4.78 is 43.0. The molecule has 0 heterocycles. The van der Waals surface area contributed by atoms with Gasteiger partial charge in [0.05, 0.1) is 18.6 Å². The van der Waals surface area contributed by atoms with Crippen LogP contribution in [-0.4, -0.2) is 27.2 Å². The van der Waals surface area contributed by atoms with Crippen LogP contribution in [0.1, 0.15) is 5.56 Å². The zero-order chi connectivity index (χ0) is 17.7. The zero-order valence-electron chi connectivity index (χ0n) is 12.8. The SMILES string of the molecule is COc1ccc(Cl)cc1CS(=O)(=O)CC(=O)Nc1ccccc1F. The monoisotopic (exact) mass is 371 g/mol. The third kappa shape index (κ3) is 4.94. The van der Waals surface area contributed by atoms with Crippen molar-refractivity contribution in [1.82, 2.24) is 0 Å². The van der Waals surface area contributed by atoms with Crippen molar-refractivity contribution in [2.45, 2.75) is 5.75 Å². The minimum Gasteiger partial charge on any atom is -0.496 e. The van der Waals surface area contributed by atoms with Crippen LogP contribution in [0.3, 0.4) is 0 Å². The van der Waals surface area contributed by atoms with Crippen molar-refractivity contribution in [3.63, 3.8) is 0 Å². The van der Waals surface area contributed by atoms with E-state index in [0.717, 1.165) is 0 Å². The number of para-hydroxylation sites is 1. The van der Waals surface area contributed by atoms with Gasteiger partial charge in [0, 0.05) is 10.6 Å². The first-order valence-electron chi connectivity index (χ1n) is 6.88. The molecule has 0 atom stereocenters. The average molecular weight is 372 g/mol. The van der Waals surface area contributed by atoms with E-state index in [0.29, 0.717) is 16.3 Å². The highest BCUT2D eigenvalue weighted by Crippen LogP contribution is 2.24. The zero-order valence-corrected chi connectivity index (χ0v) is 14.3. The van der Waals surface area contributed by atoms with E-state index in [4.69, 9.17) is 16.3 Å². The summed E-state index contributed by atoms with van der Waals surface area (Å²) in [6.45, 7) is 0. The fourth-order valence-corrected chi connectivity index (χ4v) is 3.56. The maximum atomic E-state index is 13.5. The van der Waals surface area contributed by atoms with E-state index in [2.05, 4.69) is 5.32 Å². The van der Waals surface area contributed by atoms with Crippen LogP contribution in [0.15, 0.2) is 42.5 Å². The number of methoxy groups -OCH3 is 1. The Hall–Kier alpha value is -2.12. The molecule has 2 rings (SSSR count). The van der Waals surface area contributed by atoms with E-state index in [9.17, 15) is 17.6 Å². The standard InChI is InChI=1S/C16H15ClFNO4S/c1-23-15-7-6-12(17)8-11(15)9-24(21,22)10-16(20)19-14-5-3-2-4-13(14)18/h2-8H,9-10H2,1H3,(H,19,20). The molecule has 0 unspecified atom stereocenters. The second-order valence-electron chi connectivity index (χ2n) is 5.02. The normalized spacial score (nSPS) is 11.1. The van der Waals surface area contributed by atoms with Crippen molar-refractivity contribution in [3.05, 3.63) is 58.9 Å². The van der Waals surface area contributed by atoms with Crippen molar-refractivity contribution in [3.8, 4) is 5.75 Å². The number of hydrogen-bond donors (Lipinski definition) is 1. The molecule has 1 N–H and O–H groups in total. The number of ether oxygens (including phenoxy) is 1. The number of halogens is 2. The van der Waals surface area contributed by atoms with Crippen molar-refractivity contribution < 1.29 is 22.3 Å². The number of rotatable bonds is 6. The minimum absolute atomic E-state index is 0.0713. The predicted octanol–water partition coefficient (Wildman–Crippen LogP) is 3.04. The van der Waals surface area contributed by atoms with Crippen LogP contribution in [0.25, 0.3) is 0 Å². The number of nitrogens with one attached hydrogen (secondary N) is 1. The lowest BCUT2D eigenvalue weighted by molar-refractivity contribution is -0.113. The Morgan fingerprint density at radius 3 is 2.62 bits per heavy atom. The van der Waals surface area contributed by atoms with Crippen molar-refractivity contribution in [1.29, 1.82) is 0 Å². The largest absolute Gasteiger partial charge is 0.496 e.